The number of nitrogens with two attached hydrogens (primary N) is 1. The monoisotopic (exact) mass is 375 g/mol. The largest absolute Gasteiger partial charge is 0.466 e. The molecular weight excluding hydrogens is 354 g/mol. The predicted molar refractivity (Wildman–Crippen MR) is 103 cm³/mol. The van der Waals surface area contributed by atoms with E-state index in [2.05, 4.69) is 15.3 Å². The first-order valence-electron chi connectivity index (χ1n) is 8.63. The minimum Gasteiger partial charge on any atom is -0.466 e. The molecule has 0 bridgehead atoms. The Morgan fingerprint density at radius 3 is 2.88 bits per heavy atom. The highest BCUT2D eigenvalue weighted by Gasteiger charge is 2.29. The Morgan fingerprint density at radius 2 is 2.15 bits per heavy atom. The number of benzene rings is 1. The van der Waals surface area contributed by atoms with Gasteiger partial charge in [-0.15, -0.1) is 0 Å². The van der Waals surface area contributed by atoms with E-state index in [1.54, 1.807) is 12.1 Å². The van der Waals surface area contributed by atoms with E-state index in [4.69, 9.17) is 22.1 Å². The SMILES string of the molecule is CCOC(=O)C1CCCN(c2ncnc(Nc3ccc(Cl)cc3)c2N)C1. The molecule has 26 heavy (non-hydrogen) atoms. The van der Waals surface area contributed by atoms with Gasteiger partial charge in [0.05, 0.1) is 12.5 Å². The number of hydrogen-bond donors (Lipinski definition) is 2. The van der Waals surface area contributed by atoms with E-state index < -0.39 is 0 Å². The van der Waals surface area contributed by atoms with Crippen LogP contribution in [0.15, 0.2) is 30.6 Å². The van der Waals surface area contributed by atoms with Crippen LogP contribution in [-0.4, -0.2) is 35.6 Å². The highest BCUT2D eigenvalue weighted by molar-refractivity contribution is 6.30. The maximum Gasteiger partial charge on any atom is 0.310 e. The van der Waals surface area contributed by atoms with Gasteiger partial charge in [-0.25, -0.2) is 9.97 Å². The van der Waals surface area contributed by atoms with Gasteiger partial charge in [0.15, 0.2) is 11.6 Å². The van der Waals surface area contributed by atoms with Crippen molar-refractivity contribution in [3.63, 3.8) is 0 Å². The summed E-state index contributed by atoms with van der Waals surface area (Å²) in [5.41, 5.74) is 7.58. The van der Waals surface area contributed by atoms with Crippen molar-refractivity contribution < 1.29 is 9.53 Å². The van der Waals surface area contributed by atoms with Gasteiger partial charge in [-0.2, -0.15) is 0 Å². The molecule has 2 heterocycles. The lowest BCUT2D eigenvalue weighted by molar-refractivity contribution is -0.148. The first-order chi connectivity index (χ1) is 12.6. The third-order valence-electron chi connectivity index (χ3n) is 4.31. The number of nitrogens with zero attached hydrogens (tertiary/aromatic N) is 3. The molecular formula is C18H22ClN5O2. The molecule has 1 aliphatic heterocycles. The number of nitrogens with one attached hydrogen (secondary N) is 1. The standard InChI is InChI=1S/C18H22ClN5O2/c1-2-26-18(25)12-4-3-9-24(10-12)17-15(20)16(21-11-22-17)23-14-7-5-13(19)6-8-14/h5-8,11-12H,2-4,9-10,20H2,1H3,(H,21,22,23). The third-order valence-corrected chi connectivity index (χ3v) is 4.56. The van der Waals surface area contributed by atoms with Crippen molar-refractivity contribution in [1.29, 1.82) is 0 Å². The van der Waals surface area contributed by atoms with Gasteiger partial charge in [-0.05, 0) is 44.0 Å². The molecule has 1 fully saturated rings. The van der Waals surface area contributed by atoms with E-state index in [-0.39, 0.29) is 11.9 Å². The fraction of sp³-hybridized carbons (Fsp3) is 0.389. The third kappa shape index (κ3) is 4.16. The summed E-state index contributed by atoms with van der Waals surface area (Å²) in [6.07, 6.45) is 3.17. The number of carbonyl (C=O) groups excluding carboxylic acids is 1. The minimum atomic E-state index is -0.163. The van der Waals surface area contributed by atoms with Crippen LogP contribution in [-0.2, 0) is 9.53 Å². The zero-order valence-corrected chi connectivity index (χ0v) is 15.4. The van der Waals surface area contributed by atoms with Crippen molar-refractivity contribution in [2.45, 2.75) is 19.8 Å². The molecule has 0 amide bonds. The van der Waals surface area contributed by atoms with Gasteiger partial charge in [0.25, 0.3) is 0 Å². The van der Waals surface area contributed by atoms with E-state index in [0.717, 1.165) is 25.1 Å². The average molecular weight is 376 g/mol. The zero-order valence-electron chi connectivity index (χ0n) is 14.6. The maximum absolute atomic E-state index is 12.1. The van der Waals surface area contributed by atoms with Crippen LogP contribution >= 0.6 is 11.6 Å². The predicted octanol–water partition coefficient (Wildman–Crippen LogP) is 3.24. The lowest BCUT2D eigenvalue weighted by Crippen LogP contribution is -2.40. The fourth-order valence-electron chi connectivity index (χ4n) is 3.03. The summed E-state index contributed by atoms with van der Waals surface area (Å²) in [6, 6.07) is 7.27. The molecule has 8 heteroatoms. The highest BCUT2D eigenvalue weighted by atomic mass is 35.5. The van der Waals surface area contributed by atoms with Crippen LogP contribution in [0.5, 0.6) is 0 Å². The number of esters is 1. The quantitative estimate of drug-likeness (QED) is 0.775. The number of nitrogen functional groups attached to an aromatic ring is 1. The van der Waals surface area contributed by atoms with Crippen LogP contribution in [0.25, 0.3) is 0 Å². The molecule has 1 atom stereocenters. The number of hydrogen-bond acceptors (Lipinski definition) is 7. The average Bonchev–Trinajstić information content (AvgIpc) is 2.65. The van der Waals surface area contributed by atoms with E-state index in [1.807, 2.05) is 24.0 Å². The second kappa shape index (κ2) is 8.23. The van der Waals surface area contributed by atoms with Crippen LogP contribution in [0.4, 0.5) is 23.0 Å². The number of carbonyl (C=O) groups is 1. The Morgan fingerprint density at radius 1 is 1.38 bits per heavy atom. The van der Waals surface area contributed by atoms with Gasteiger partial charge < -0.3 is 20.7 Å². The second-order valence-electron chi connectivity index (χ2n) is 6.13. The first kappa shape index (κ1) is 18.3. The summed E-state index contributed by atoms with van der Waals surface area (Å²) in [5.74, 6) is 0.830. The number of piperidine rings is 1. The van der Waals surface area contributed by atoms with Crippen molar-refractivity contribution in [3.05, 3.63) is 35.6 Å². The van der Waals surface area contributed by atoms with Crippen molar-refractivity contribution >= 4 is 40.6 Å². The van der Waals surface area contributed by atoms with Crippen LogP contribution in [0.3, 0.4) is 0 Å². The zero-order chi connectivity index (χ0) is 18.5. The van der Waals surface area contributed by atoms with Crippen LogP contribution in [0.2, 0.25) is 5.02 Å². The number of anilines is 4. The fourth-order valence-corrected chi connectivity index (χ4v) is 3.16. The van der Waals surface area contributed by atoms with Gasteiger partial charge in [0.2, 0.25) is 0 Å². The molecule has 3 rings (SSSR count). The second-order valence-corrected chi connectivity index (χ2v) is 6.57. The molecule has 0 aliphatic carbocycles. The summed E-state index contributed by atoms with van der Waals surface area (Å²) < 4.78 is 5.16. The Bertz CT molecular complexity index is 769. The molecule has 2 aromatic rings. The molecule has 1 saturated heterocycles. The molecule has 1 aliphatic rings. The van der Waals surface area contributed by atoms with Gasteiger partial charge in [0.1, 0.15) is 12.0 Å². The number of rotatable bonds is 5. The topological polar surface area (TPSA) is 93.4 Å². The van der Waals surface area contributed by atoms with Gasteiger partial charge in [0, 0.05) is 23.8 Å². The minimum absolute atomic E-state index is 0.161. The Labute approximate surface area is 157 Å². The normalized spacial score (nSPS) is 17.0. The Hall–Kier alpha value is -2.54. The number of aromatic nitrogens is 2. The molecule has 3 N–H and O–H groups in total. The summed E-state index contributed by atoms with van der Waals surface area (Å²) in [5, 5.41) is 3.84. The van der Waals surface area contributed by atoms with Crippen LogP contribution in [0.1, 0.15) is 19.8 Å². The molecule has 1 aromatic carbocycles. The summed E-state index contributed by atoms with van der Waals surface area (Å²) in [7, 11) is 0. The van der Waals surface area contributed by atoms with Gasteiger partial charge in [-0.3, -0.25) is 4.79 Å². The van der Waals surface area contributed by atoms with Crippen molar-refractivity contribution in [1.82, 2.24) is 9.97 Å². The summed E-state index contributed by atoms with van der Waals surface area (Å²) in [4.78, 5) is 22.7. The molecule has 138 valence electrons. The molecule has 7 nitrogen and oxygen atoms in total. The highest BCUT2D eigenvalue weighted by Crippen LogP contribution is 2.31. The van der Waals surface area contributed by atoms with Crippen molar-refractivity contribution in [2.24, 2.45) is 5.92 Å². The Balaban J connectivity index is 1.78. The lowest BCUT2D eigenvalue weighted by atomic mass is 9.98. The van der Waals surface area contributed by atoms with Crippen molar-refractivity contribution in [2.75, 3.05) is 35.6 Å². The molecule has 1 unspecified atom stereocenters. The van der Waals surface area contributed by atoms with E-state index >= 15 is 0 Å². The summed E-state index contributed by atoms with van der Waals surface area (Å²) in [6.45, 7) is 3.54. The van der Waals surface area contributed by atoms with Gasteiger partial charge >= 0.3 is 5.97 Å². The number of halogens is 1. The summed E-state index contributed by atoms with van der Waals surface area (Å²) >= 11 is 5.91. The molecule has 0 saturated carbocycles. The van der Waals surface area contributed by atoms with Crippen LogP contribution < -0.4 is 16.0 Å². The van der Waals surface area contributed by atoms with Gasteiger partial charge in [-0.1, -0.05) is 11.6 Å². The van der Waals surface area contributed by atoms with E-state index in [0.29, 0.717) is 35.5 Å². The van der Waals surface area contributed by atoms with Crippen molar-refractivity contribution in [3.8, 4) is 0 Å². The maximum atomic E-state index is 12.1. The number of ether oxygens (including phenoxy) is 1. The van der Waals surface area contributed by atoms with E-state index in [9.17, 15) is 4.79 Å². The van der Waals surface area contributed by atoms with E-state index in [1.165, 1.54) is 6.33 Å². The Kier molecular flexibility index (Phi) is 5.78. The van der Waals surface area contributed by atoms with Crippen LogP contribution in [0, 0.1) is 5.92 Å². The molecule has 0 spiro atoms. The molecule has 1 aromatic heterocycles. The smallest absolute Gasteiger partial charge is 0.310 e. The first-order valence-corrected chi connectivity index (χ1v) is 9.01. The molecule has 0 radical (unpaired) electrons. The lowest BCUT2D eigenvalue weighted by Gasteiger charge is -2.33.